The SMILES string of the molecule is C=CCC1OC(C[C@@]2(C)COC(C)(C)O2)C(OCc2ccccc2)[C@H]1O. The molecule has 5 heteroatoms. The van der Waals surface area contributed by atoms with Crippen molar-refractivity contribution in [2.75, 3.05) is 6.61 Å². The third-order valence-electron chi connectivity index (χ3n) is 4.97. The van der Waals surface area contributed by atoms with Gasteiger partial charge in [-0.25, -0.2) is 0 Å². The monoisotopic (exact) mass is 362 g/mol. The Bertz CT molecular complexity index is 602. The molecule has 2 aliphatic rings. The molecule has 1 aromatic rings. The molecule has 0 aromatic heterocycles. The lowest BCUT2D eigenvalue weighted by molar-refractivity contribution is -0.167. The lowest BCUT2D eigenvalue weighted by atomic mass is 9.94. The fourth-order valence-electron chi connectivity index (χ4n) is 3.81. The van der Waals surface area contributed by atoms with Gasteiger partial charge in [0, 0.05) is 6.42 Å². The van der Waals surface area contributed by atoms with Crippen LogP contribution in [-0.4, -0.2) is 47.5 Å². The van der Waals surface area contributed by atoms with Crippen molar-refractivity contribution in [2.45, 2.75) is 76.0 Å². The second-order valence-electron chi connectivity index (χ2n) is 7.93. The normalized spacial score (nSPS) is 36.3. The zero-order chi connectivity index (χ0) is 18.8. The fourth-order valence-corrected chi connectivity index (χ4v) is 3.81. The minimum absolute atomic E-state index is 0.263. The minimum atomic E-state index is -0.694. The summed E-state index contributed by atoms with van der Waals surface area (Å²) in [4.78, 5) is 0. The summed E-state index contributed by atoms with van der Waals surface area (Å²) in [6, 6.07) is 9.95. The first-order valence-electron chi connectivity index (χ1n) is 9.26. The van der Waals surface area contributed by atoms with Gasteiger partial charge < -0.3 is 24.1 Å². The molecule has 1 aromatic carbocycles. The molecule has 3 unspecified atom stereocenters. The van der Waals surface area contributed by atoms with Crippen molar-refractivity contribution >= 4 is 0 Å². The molecule has 0 bridgehead atoms. The highest BCUT2D eigenvalue weighted by atomic mass is 16.8. The summed E-state index contributed by atoms with van der Waals surface area (Å²) in [6.45, 7) is 10.5. The molecule has 5 atom stereocenters. The van der Waals surface area contributed by atoms with Crippen LogP contribution in [0, 0.1) is 0 Å². The van der Waals surface area contributed by atoms with Gasteiger partial charge in [-0.05, 0) is 32.8 Å². The number of aliphatic hydroxyl groups excluding tert-OH is 1. The highest BCUT2D eigenvalue weighted by molar-refractivity contribution is 5.13. The molecule has 26 heavy (non-hydrogen) atoms. The van der Waals surface area contributed by atoms with Gasteiger partial charge in [0.15, 0.2) is 5.79 Å². The molecule has 5 nitrogen and oxygen atoms in total. The second kappa shape index (κ2) is 7.79. The summed E-state index contributed by atoms with van der Waals surface area (Å²) in [6.07, 6.45) is 1.27. The van der Waals surface area contributed by atoms with Gasteiger partial charge in [0.25, 0.3) is 0 Å². The number of rotatable bonds is 7. The van der Waals surface area contributed by atoms with Crippen LogP contribution in [0.15, 0.2) is 43.0 Å². The number of hydrogen-bond acceptors (Lipinski definition) is 5. The predicted octanol–water partition coefficient (Wildman–Crippen LogP) is 3.21. The summed E-state index contributed by atoms with van der Waals surface area (Å²) < 4.78 is 24.0. The first-order valence-corrected chi connectivity index (χ1v) is 9.26. The molecular formula is C21H30O5. The van der Waals surface area contributed by atoms with Crippen molar-refractivity contribution in [1.82, 2.24) is 0 Å². The standard InChI is InChI=1S/C21H30O5/c1-5-9-16-18(22)19(23-13-15-10-7-6-8-11-15)17(25-16)12-21(4)14-24-20(2,3)26-21/h5-8,10-11,16-19,22H,1,9,12-14H2,2-4H3/t16?,17?,18-,19?,21-/m0/s1. The van der Waals surface area contributed by atoms with Gasteiger partial charge in [0.05, 0.1) is 31.0 Å². The quantitative estimate of drug-likeness (QED) is 0.755. The molecule has 2 heterocycles. The summed E-state index contributed by atoms with van der Waals surface area (Å²) >= 11 is 0. The minimum Gasteiger partial charge on any atom is -0.388 e. The Balaban J connectivity index is 1.69. The maximum absolute atomic E-state index is 10.7. The van der Waals surface area contributed by atoms with E-state index in [0.717, 1.165) is 5.56 Å². The number of benzene rings is 1. The molecule has 2 aliphatic heterocycles. The Morgan fingerprint density at radius 3 is 2.58 bits per heavy atom. The van der Waals surface area contributed by atoms with E-state index in [1.54, 1.807) is 6.08 Å². The molecule has 1 N–H and O–H groups in total. The third kappa shape index (κ3) is 4.53. The van der Waals surface area contributed by atoms with Crippen molar-refractivity contribution in [3.8, 4) is 0 Å². The van der Waals surface area contributed by atoms with E-state index < -0.39 is 23.6 Å². The molecule has 2 saturated heterocycles. The van der Waals surface area contributed by atoms with Gasteiger partial charge >= 0.3 is 0 Å². The maximum Gasteiger partial charge on any atom is 0.163 e. The Morgan fingerprint density at radius 2 is 1.96 bits per heavy atom. The molecule has 0 saturated carbocycles. The number of hydrogen-bond donors (Lipinski definition) is 1. The largest absolute Gasteiger partial charge is 0.388 e. The molecule has 144 valence electrons. The highest BCUT2D eigenvalue weighted by Gasteiger charge is 2.50. The maximum atomic E-state index is 10.7. The van der Waals surface area contributed by atoms with E-state index in [0.29, 0.717) is 26.1 Å². The van der Waals surface area contributed by atoms with Gasteiger partial charge in [0.1, 0.15) is 12.2 Å². The van der Waals surface area contributed by atoms with E-state index in [1.807, 2.05) is 51.1 Å². The van der Waals surface area contributed by atoms with Crippen LogP contribution in [0.3, 0.4) is 0 Å². The van der Waals surface area contributed by atoms with E-state index in [4.69, 9.17) is 18.9 Å². The fraction of sp³-hybridized carbons (Fsp3) is 0.619. The Labute approximate surface area is 155 Å². The summed E-state index contributed by atoms with van der Waals surface area (Å²) in [5.74, 6) is -0.604. The van der Waals surface area contributed by atoms with Gasteiger partial charge in [-0.3, -0.25) is 0 Å². The van der Waals surface area contributed by atoms with E-state index in [9.17, 15) is 5.11 Å². The molecule has 0 radical (unpaired) electrons. The van der Waals surface area contributed by atoms with Gasteiger partial charge in [-0.2, -0.15) is 0 Å². The van der Waals surface area contributed by atoms with E-state index in [-0.39, 0.29) is 12.2 Å². The number of aliphatic hydroxyl groups is 1. The highest BCUT2D eigenvalue weighted by Crippen LogP contribution is 2.38. The lowest BCUT2D eigenvalue weighted by Crippen LogP contribution is -2.41. The van der Waals surface area contributed by atoms with Crippen molar-refractivity contribution < 1.29 is 24.1 Å². The Morgan fingerprint density at radius 1 is 1.23 bits per heavy atom. The molecule has 0 amide bonds. The average Bonchev–Trinajstić information content (AvgIpc) is 3.03. The van der Waals surface area contributed by atoms with Crippen LogP contribution in [0.1, 0.15) is 39.2 Å². The summed E-state index contributed by atoms with van der Waals surface area (Å²) in [7, 11) is 0. The van der Waals surface area contributed by atoms with Crippen molar-refractivity contribution in [3.05, 3.63) is 48.6 Å². The van der Waals surface area contributed by atoms with Crippen LogP contribution in [0.25, 0.3) is 0 Å². The molecular weight excluding hydrogens is 332 g/mol. The first-order chi connectivity index (χ1) is 12.3. The molecule has 0 spiro atoms. The van der Waals surface area contributed by atoms with E-state index in [1.165, 1.54) is 0 Å². The van der Waals surface area contributed by atoms with Gasteiger partial charge in [-0.1, -0.05) is 36.4 Å². The Hall–Kier alpha value is -1.24. The zero-order valence-electron chi connectivity index (χ0n) is 15.9. The van der Waals surface area contributed by atoms with Crippen molar-refractivity contribution in [1.29, 1.82) is 0 Å². The topological polar surface area (TPSA) is 57.2 Å². The van der Waals surface area contributed by atoms with Gasteiger partial charge in [-0.15, -0.1) is 6.58 Å². The van der Waals surface area contributed by atoms with Crippen molar-refractivity contribution in [3.63, 3.8) is 0 Å². The predicted molar refractivity (Wildman–Crippen MR) is 98.6 cm³/mol. The summed E-state index contributed by atoms with van der Waals surface area (Å²) in [5.41, 5.74) is 0.601. The molecule has 2 fully saturated rings. The average molecular weight is 362 g/mol. The van der Waals surface area contributed by atoms with E-state index >= 15 is 0 Å². The van der Waals surface area contributed by atoms with Crippen LogP contribution < -0.4 is 0 Å². The third-order valence-corrected chi connectivity index (χ3v) is 4.97. The molecule has 0 aliphatic carbocycles. The van der Waals surface area contributed by atoms with Crippen molar-refractivity contribution in [2.24, 2.45) is 0 Å². The van der Waals surface area contributed by atoms with Crippen LogP contribution in [0.2, 0.25) is 0 Å². The molecule has 3 rings (SSSR count). The Kier molecular flexibility index (Phi) is 5.85. The van der Waals surface area contributed by atoms with E-state index in [2.05, 4.69) is 6.58 Å². The first kappa shape index (κ1) is 19.5. The second-order valence-corrected chi connectivity index (χ2v) is 7.93. The lowest BCUT2D eigenvalue weighted by Gasteiger charge is -2.30. The van der Waals surface area contributed by atoms with Gasteiger partial charge in [0.2, 0.25) is 0 Å². The van der Waals surface area contributed by atoms with Crippen LogP contribution >= 0.6 is 0 Å². The zero-order valence-corrected chi connectivity index (χ0v) is 15.9. The van der Waals surface area contributed by atoms with Crippen LogP contribution in [0.5, 0.6) is 0 Å². The smallest absolute Gasteiger partial charge is 0.163 e. The summed E-state index contributed by atoms with van der Waals surface area (Å²) in [5, 5.41) is 10.7. The van der Waals surface area contributed by atoms with Crippen LogP contribution in [-0.2, 0) is 25.6 Å². The van der Waals surface area contributed by atoms with Crippen LogP contribution in [0.4, 0.5) is 0 Å². The number of ether oxygens (including phenoxy) is 4.